The van der Waals surface area contributed by atoms with Gasteiger partial charge in [-0.2, -0.15) is 0 Å². The molecule has 182 valence electrons. The average Bonchev–Trinajstić information content (AvgIpc) is 3.30. The number of hydrogen-bond acceptors (Lipinski definition) is 7. The number of thiophene rings is 1. The molecular formula is C25H26FN5O3S. The van der Waals surface area contributed by atoms with Crippen molar-refractivity contribution in [3.63, 3.8) is 0 Å². The van der Waals surface area contributed by atoms with E-state index in [0.29, 0.717) is 35.0 Å². The number of amides is 1. The van der Waals surface area contributed by atoms with Crippen molar-refractivity contribution in [2.75, 3.05) is 12.4 Å². The molecule has 1 amide bonds. The number of carbonyl (C=O) groups excluding carboxylic acids is 2. The quantitative estimate of drug-likeness (QED) is 0.392. The molecule has 0 saturated heterocycles. The first-order valence-electron chi connectivity index (χ1n) is 11.1. The zero-order valence-corrected chi connectivity index (χ0v) is 21.0. The van der Waals surface area contributed by atoms with Crippen LogP contribution in [-0.4, -0.2) is 39.5 Å². The molecule has 3 heterocycles. The first-order valence-corrected chi connectivity index (χ1v) is 11.9. The van der Waals surface area contributed by atoms with Crippen molar-refractivity contribution in [2.45, 2.75) is 40.2 Å². The summed E-state index contributed by atoms with van der Waals surface area (Å²) in [6.45, 7) is 10.9. The SMILES string of the molecule is C=C(F)C(=O)Nc1cccc(C2=NC(C(CC)C(=O)OC)c3nnc(C)n3-c3sc(C)c(C)c32)c1. The summed E-state index contributed by atoms with van der Waals surface area (Å²) in [5.74, 6) is -1.70. The molecule has 1 N–H and O–H groups in total. The van der Waals surface area contributed by atoms with Crippen molar-refractivity contribution < 1.29 is 18.7 Å². The zero-order chi connectivity index (χ0) is 25.4. The minimum atomic E-state index is -1.08. The Hall–Kier alpha value is -3.66. The molecule has 0 aliphatic carbocycles. The highest BCUT2D eigenvalue weighted by Gasteiger charge is 2.38. The van der Waals surface area contributed by atoms with Crippen LogP contribution in [0.3, 0.4) is 0 Å². The van der Waals surface area contributed by atoms with Crippen LogP contribution >= 0.6 is 11.3 Å². The van der Waals surface area contributed by atoms with Gasteiger partial charge in [0, 0.05) is 21.7 Å². The van der Waals surface area contributed by atoms with Gasteiger partial charge in [0.25, 0.3) is 5.91 Å². The highest BCUT2D eigenvalue weighted by Crippen LogP contribution is 2.41. The number of ether oxygens (including phenoxy) is 1. The largest absolute Gasteiger partial charge is 0.469 e. The molecule has 2 unspecified atom stereocenters. The van der Waals surface area contributed by atoms with E-state index in [1.165, 1.54) is 7.11 Å². The van der Waals surface area contributed by atoms with Crippen molar-refractivity contribution >= 4 is 34.6 Å². The zero-order valence-electron chi connectivity index (χ0n) is 20.2. The monoisotopic (exact) mass is 495 g/mol. The van der Waals surface area contributed by atoms with Crippen molar-refractivity contribution in [3.05, 3.63) is 69.9 Å². The summed E-state index contributed by atoms with van der Waals surface area (Å²) >= 11 is 1.60. The van der Waals surface area contributed by atoms with Crippen LogP contribution in [0.5, 0.6) is 0 Å². The molecule has 3 aromatic rings. The van der Waals surface area contributed by atoms with Crippen molar-refractivity contribution in [1.82, 2.24) is 14.8 Å². The number of aromatic nitrogens is 3. The number of rotatable bonds is 6. The molecule has 8 nitrogen and oxygen atoms in total. The number of methoxy groups -OCH3 is 1. The Morgan fingerprint density at radius 2 is 2.03 bits per heavy atom. The first kappa shape index (κ1) is 24.5. The predicted molar refractivity (Wildman–Crippen MR) is 133 cm³/mol. The van der Waals surface area contributed by atoms with E-state index >= 15 is 0 Å². The second-order valence-corrected chi connectivity index (χ2v) is 9.51. The molecule has 0 spiro atoms. The maximum atomic E-state index is 13.3. The third-order valence-corrected chi connectivity index (χ3v) is 7.35. The summed E-state index contributed by atoms with van der Waals surface area (Å²) in [4.78, 5) is 30.8. The highest BCUT2D eigenvalue weighted by atomic mass is 32.1. The number of nitrogens with one attached hydrogen (secondary N) is 1. The lowest BCUT2D eigenvalue weighted by molar-refractivity contribution is -0.146. The van der Waals surface area contributed by atoms with Crippen LogP contribution in [0.4, 0.5) is 10.1 Å². The van der Waals surface area contributed by atoms with Gasteiger partial charge in [-0.3, -0.25) is 19.1 Å². The first-order chi connectivity index (χ1) is 16.7. The summed E-state index contributed by atoms with van der Waals surface area (Å²) < 4.78 is 20.4. The Balaban J connectivity index is 1.98. The van der Waals surface area contributed by atoms with Crippen LogP contribution in [0.15, 0.2) is 41.7 Å². The normalized spacial score (nSPS) is 15.4. The second-order valence-electron chi connectivity index (χ2n) is 8.30. The van der Waals surface area contributed by atoms with Gasteiger partial charge in [0.1, 0.15) is 16.9 Å². The number of hydrogen-bond donors (Lipinski definition) is 1. The van der Waals surface area contributed by atoms with Crippen LogP contribution in [0.1, 0.15) is 52.6 Å². The van der Waals surface area contributed by atoms with Gasteiger partial charge in [-0.1, -0.05) is 25.6 Å². The lowest BCUT2D eigenvalue weighted by atomic mass is 9.95. The summed E-state index contributed by atoms with van der Waals surface area (Å²) in [5, 5.41) is 12.1. The molecular weight excluding hydrogens is 469 g/mol. The maximum Gasteiger partial charge on any atom is 0.311 e. The molecule has 0 radical (unpaired) electrons. The van der Waals surface area contributed by atoms with Crippen LogP contribution in [0.2, 0.25) is 0 Å². The van der Waals surface area contributed by atoms with E-state index in [2.05, 4.69) is 22.1 Å². The number of esters is 1. The summed E-state index contributed by atoms with van der Waals surface area (Å²) in [7, 11) is 1.36. The molecule has 1 aliphatic rings. The molecule has 1 aromatic carbocycles. The molecule has 1 aliphatic heterocycles. The van der Waals surface area contributed by atoms with E-state index in [0.717, 1.165) is 21.0 Å². The van der Waals surface area contributed by atoms with Crippen LogP contribution < -0.4 is 5.32 Å². The number of halogens is 1. The number of aliphatic imine (C=N–C) groups is 1. The fourth-order valence-electron chi connectivity index (χ4n) is 4.23. The minimum absolute atomic E-state index is 0.381. The number of benzene rings is 1. The van der Waals surface area contributed by atoms with Gasteiger partial charge in [-0.05, 0) is 44.9 Å². The topological polar surface area (TPSA) is 98.5 Å². The fourth-order valence-corrected chi connectivity index (χ4v) is 5.44. The third-order valence-electron chi connectivity index (χ3n) is 6.15. The molecule has 2 atom stereocenters. The lowest BCUT2D eigenvalue weighted by Gasteiger charge is -2.20. The van der Waals surface area contributed by atoms with Gasteiger partial charge < -0.3 is 10.1 Å². The van der Waals surface area contributed by atoms with E-state index in [1.807, 2.05) is 38.3 Å². The van der Waals surface area contributed by atoms with Gasteiger partial charge in [-0.15, -0.1) is 21.5 Å². The summed E-state index contributed by atoms with van der Waals surface area (Å²) in [6, 6.07) is 6.36. The molecule has 10 heteroatoms. The Morgan fingerprint density at radius 3 is 2.69 bits per heavy atom. The van der Waals surface area contributed by atoms with Gasteiger partial charge in [0.05, 0.1) is 18.7 Å². The Morgan fingerprint density at radius 1 is 1.29 bits per heavy atom. The van der Waals surface area contributed by atoms with E-state index in [-0.39, 0.29) is 5.97 Å². The summed E-state index contributed by atoms with van der Waals surface area (Å²) in [5.41, 5.74) is 3.69. The van der Waals surface area contributed by atoms with Crippen LogP contribution in [0.25, 0.3) is 5.00 Å². The minimum Gasteiger partial charge on any atom is -0.469 e. The Labute approximate surface area is 206 Å². The van der Waals surface area contributed by atoms with Crippen molar-refractivity contribution in [1.29, 1.82) is 0 Å². The molecule has 0 bridgehead atoms. The molecule has 0 saturated carbocycles. The third kappa shape index (κ3) is 4.29. The predicted octanol–water partition coefficient (Wildman–Crippen LogP) is 4.77. The Kier molecular flexibility index (Phi) is 6.66. The number of anilines is 1. The highest BCUT2D eigenvalue weighted by molar-refractivity contribution is 7.15. The van der Waals surface area contributed by atoms with E-state index in [4.69, 9.17) is 9.73 Å². The second kappa shape index (κ2) is 9.53. The molecule has 4 rings (SSSR count). The lowest BCUT2D eigenvalue weighted by Crippen LogP contribution is -2.24. The van der Waals surface area contributed by atoms with E-state index in [1.54, 1.807) is 29.5 Å². The van der Waals surface area contributed by atoms with Gasteiger partial charge in [0.15, 0.2) is 11.7 Å². The fraction of sp³-hybridized carbons (Fsp3) is 0.320. The van der Waals surface area contributed by atoms with E-state index in [9.17, 15) is 14.0 Å². The number of nitrogens with zero attached hydrogens (tertiary/aromatic N) is 4. The average molecular weight is 496 g/mol. The Bertz CT molecular complexity index is 1370. The van der Waals surface area contributed by atoms with Crippen LogP contribution in [0, 0.1) is 26.7 Å². The van der Waals surface area contributed by atoms with Gasteiger partial charge in [-0.25, -0.2) is 4.39 Å². The van der Waals surface area contributed by atoms with Gasteiger partial charge in [0.2, 0.25) is 0 Å². The van der Waals surface area contributed by atoms with Crippen molar-refractivity contribution in [2.24, 2.45) is 10.9 Å². The number of fused-ring (bicyclic) bond motifs is 3. The molecule has 0 fully saturated rings. The molecule has 35 heavy (non-hydrogen) atoms. The summed E-state index contributed by atoms with van der Waals surface area (Å²) in [6.07, 6.45) is 0.487. The standard InChI is InChI=1S/C25H26FN5O3S/c1-7-18(25(33)34-6)21-22-30-29-15(5)31(22)24-19(12(2)14(4)35-24)20(28-21)16-9-8-10-17(11-16)27-23(32)13(3)26/h8-11,18,21H,3,7H2,1-2,4-6H3,(H,27,32). The number of aryl methyl sites for hydroxylation is 2. The van der Waals surface area contributed by atoms with Gasteiger partial charge >= 0.3 is 5.97 Å². The maximum absolute atomic E-state index is 13.3. The van der Waals surface area contributed by atoms with Crippen molar-refractivity contribution in [3.8, 4) is 5.00 Å². The van der Waals surface area contributed by atoms with Crippen LogP contribution in [-0.2, 0) is 14.3 Å². The molecule has 2 aromatic heterocycles. The van der Waals surface area contributed by atoms with E-state index < -0.39 is 23.7 Å². The smallest absolute Gasteiger partial charge is 0.311 e. The number of carbonyl (C=O) groups is 2.